The van der Waals surface area contributed by atoms with Crippen molar-refractivity contribution in [2.75, 3.05) is 0 Å². The summed E-state index contributed by atoms with van der Waals surface area (Å²) in [6.45, 7) is 2.10. The second kappa shape index (κ2) is 6.26. The van der Waals surface area contributed by atoms with Gasteiger partial charge in [-0.3, -0.25) is 4.79 Å². The van der Waals surface area contributed by atoms with Gasteiger partial charge < -0.3 is 10.6 Å². The van der Waals surface area contributed by atoms with Crippen LogP contribution in [0.2, 0.25) is 0 Å². The number of nitrogens with zero attached hydrogens (tertiary/aromatic N) is 1. The van der Waals surface area contributed by atoms with Gasteiger partial charge in [-0.1, -0.05) is 30.0 Å². The molecular formula is C17H19N3OS2. The van der Waals surface area contributed by atoms with E-state index in [0.717, 1.165) is 10.6 Å². The molecule has 0 aliphatic carbocycles. The SMILES string of the molecule is Cc1ccccc1Sc1cnc(C(=O)NC2CC3CCC2N3)s1. The predicted octanol–water partition coefficient (Wildman–Crippen LogP) is 3.23. The molecule has 4 nitrogen and oxygen atoms in total. The number of fused-ring (bicyclic) bond motifs is 2. The molecule has 3 heterocycles. The van der Waals surface area contributed by atoms with E-state index >= 15 is 0 Å². The predicted molar refractivity (Wildman–Crippen MR) is 93.2 cm³/mol. The van der Waals surface area contributed by atoms with E-state index < -0.39 is 0 Å². The minimum Gasteiger partial charge on any atom is -0.346 e. The van der Waals surface area contributed by atoms with Crippen LogP contribution < -0.4 is 10.6 Å². The summed E-state index contributed by atoms with van der Waals surface area (Å²) < 4.78 is 1.05. The van der Waals surface area contributed by atoms with Crippen LogP contribution in [0.15, 0.2) is 39.6 Å². The van der Waals surface area contributed by atoms with Gasteiger partial charge in [-0.2, -0.15) is 0 Å². The fourth-order valence-corrected chi connectivity index (χ4v) is 5.33. The summed E-state index contributed by atoms with van der Waals surface area (Å²) in [6, 6.07) is 9.57. The second-order valence-electron chi connectivity index (χ2n) is 6.22. The van der Waals surface area contributed by atoms with Crippen LogP contribution in [-0.2, 0) is 0 Å². The average molecular weight is 345 g/mol. The third-order valence-electron chi connectivity index (χ3n) is 4.60. The molecule has 23 heavy (non-hydrogen) atoms. The van der Waals surface area contributed by atoms with Gasteiger partial charge in [-0.25, -0.2) is 4.98 Å². The normalized spacial score (nSPS) is 25.7. The average Bonchev–Trinajstić information content (AvgIpc) is 3.26. The Morgan fingerprint density at radius 2 is 2.26 bits per heavy atom. The lowest BCUT2D eigenvalue weighted by Crippen LogP contribution is -2.42. The van der Waals surface area contributed by atoms with Crippen molar-refractivity contribution in [1.82, 2.24) is 15.6 Å². The first-order valence-corrected chi connectivity index (χ1v) is 9.58. The van der Waals surface area contributed by atoms with E-state index in [4.69, 9.17) is 0 Å². The lowest BCUT2D eigenvalue weighted by atomic mass is 9.95. The Balaban J connectivity index is 1.41. The largest absolute Gasteiger partial charge is 0.346 e. The minimum absolute atomic E-state index is 0.0361. The molecule has 0 saturated carbocycles. The van der Waals surface area contributed by atoms with Crippen LogP contribution in [0.1, 0.15) is 34.6 Å². The smallest absolute Gasteiger partial charge is 0.280 e. The number of aromatic nitrogens is 1. The van der Waals surface area contributed by atoms with Crippen molar-refractivity contribution in [2.24, 2.45) is 0 Å². The molecule has 1 aromatic heterocycles. The summed E-state index contributed by atoms with van der Waals surface area (Å²) in [5.74, 6) is -0.0361. The van der Waals surface area contributed by atoms with Gasteiger partial charge in [0.05, 0.1) is 10.4 Å². The summed E-state index contributed by atoms with van der Waals surface area (Å²) in [5, 5.41) is 7.25. The van der Waals surface area contributed by atoms with Crippen molar-refractivity contribution in [2.45, 2.75) is 53.4 Å². The topological polar surface area (TPSA) is 54.0 Å². The third kappa shape index (κ3) is 3.16. The lowest BCUT2D eigenvalue weighted by Gasteiger charge is -2.20. The summed E-state index contributed by atoms with van der Waals surface area (Å²) in [4.78, 5) is 17.9. The first-order valence-electron chi connectivity index (χ1n) is 7.95. The number of carbonyl (C=O) groups is 1. The number of aryl methyl sites for hydroxylation is 1. The van der Waals surface area contributed by atoms with Gasteiger partial charge in [0.1, 0.15) is 0 Å². The Hall–Kier alpha value is -1.37. The monoisotopic (exact) mass is 345 g/mol. The maximum Gasteiger partial charge on any atom is 0.280 e. The van der Waals surface area contributed by atoms with Crippen molar-refractivity contribution in [3.63, 3.8) is 0 Å². The molecule has 2 bridgehead atoms. The molecule has 2 fully saturated rings. The maximum atomic E-state index is 12.4. The number of hydrogen-bond donors (Lipinski definition) is 2. The molecule has 3 atom stereocenters. The summed E-state index contributed by atoms with van der Waals surface area (Å²) in [7, 11) is 0. The first-order chi connectivity index (χ1) is 11.2. The number of carbonyl (C=O) groups excluding carboxylic acids is 1. The van der Waals surface area contributed by atoms with E-state index in [0.29, 0.717) is 17.1 Å². The van der Waals surface area contributed by atoms with Gasteiger partial charge in [0, 0.05) is 23.0 Å². The van der Waals surface area contributed by atoms with Gasteiger partial charge in [0.2, 0.25) is 0 Å². The van der Waals surface area contributed by atoms with Gasteiger partial charge >= 0.3 is 0 Å². The molecular weight excluding hydrogens is 326 g/mol. The van der Waals surface area contributed by atoms with E-state index in [1.807, 2.05) is 12.1 Å². The Bertz CT molecular complexity index is 730. The molecule has 6 heteroatoms. The highest BCUT2D eigenvalue weighted by molar-refractivity contribution is 8.01. The van der Waals surface area contributed by atoms with Crippen LogP contribution in [0.5, 0.6) is 0 Å². The highest BCUT2D eigenvalue weighted by atomic mass is 32.2. The number of amides is 1. The summed E-state index contributed by atoms with van der Waals surface area (Å²) >= 11 is 3.14. The molecule has 1 amide bonds. The number of thiazole rings is 1. The fourth-order valence-electron chi connectivity index (χ4n) is 3.40. The van der Waals surface area contributed by atoms with E-state index in [1.54, 1.807) is 18.0 Å². The van der Waals surface area contributed by atoms with E-state index in [1.165, 1.54) is 34.6 Å². The van der Waals surface area contributed by atoms with Crippen LogP contribution in [0.3, 0.4) is 0 Å². The molecule has 2 aliphatic rings. The molecule has 2 saturated heterocycles. The van der Waals surface area contributed by atoms with Crippen molar-refractivity contribution >= 4 is 29.0 Å². The molecule has 0 radical (unpaired) electrons. The molecule has 2 aromatic rings. The Kier molecular flexibility index (Phi) is 4.13. The van der Waals surface area contributed by atoms with Crippen molar-refractivity contribution in [1.29, 1.82) is 0 Å². The van der Waals surface area contributed by atoms with Crippen LogP contribution in [0.4, 0.5) is 0 Å². The molecule has 3 unspecified atom stereocenters. The zero-order valence-electron chi connectivity index (χ0n) is 12.9. The maximum absolute atomic E-state index is 12.4. The summed E-state index contributed by atoms with van der Waals surface area (Å²) in [5.41, 5.74) is 1.24. The zero-order chi connectivity index (χ0) is 15.8. The standard InChI is InChI=1S/C17H19N3OS2/c1-10-4-2-3-5-14(10)22-15-9-18-17(23-15)16(21)20-13-8-11-6-7-12(13)19-11/h2-5,9,11-13,19H,6-8H2,1H3,(H,20,21). The van der Waals surface area contributed by atoms with E-state index in [2.05, 4.69) is 34.7 Å². The minimum atomic E-state index is -0.0361. The van der Waals surface area contributed by atoms with Crippen LogP contribution in [-0.4, -0.2) is 29.0 Å². The number of benzene rings is 1. The molecule has 1 aromatic carbocycles. The third-order valence-corrected chi connectivity index (χ3v) is 6.87. The van der Waals surface area contributed by atoms with Gasteiger partial charge in [-0.05, 0) is 37.8 Å². The first kappa shape index (κ1) is 15.2. The second-order valence-corrected chi connectivity index (χ2v) is 8.59. The Morgan fingerprint density at radius 1 is 1.39 bits per heavy atom. The highest BCUT2D eigenvalue weighted by Gasteiger charge is 2.39. The van der Waals surface area contributed by atoms with Crippen LogP contribution in [0, 0.1) is 6.92 Å². The summed E-state index contributed by atoms with van der Waals surface area (Å²) in [6.07, 6.45) is 5.26. The van der Waals surface area contributed by atoms with Crippen molar-refractivity contribution < 1.29 is 4.79 Å². The van der Waals surface area contributed by atoms with E-state index in [-0.39, 0.29) is 11.9 Å². The molecule has 4 rings (SSSR count). The molecule has 2 aliphatic heterocycles. The van der Waals surface area contributed by atoms with Gasteiger partial charge in [-0.15, -0.1) is 11.3 Å². The fraction of sp³-hybridized carbons (Fsp3) is 0.412. The lowest BCUT2D eigenvalue weighted by molar-refractivity contribution is 0.0930. The van der Waals surface area contributed by atoms with Gasteiger partial charge in [0.25, 0.3) is 5.91 Å². The molecule has 2 N–H and O–H groups in total. The quantitative estimate of drug-likeness (QED) is 0.893. The van der Waals surface area contributed by atoms with Crippen molar-refractivity contribution in [3.8, 4) is 0 Å². The molecule has 120 valence electrons. The highest BCUT2D eigenvalue weighted by Crippen LogP contribution is 2.34. The van der Waals surface area contributed by atoms with Gasteiger partial charge in [0.15, 0.2) is 5.01 Å². The van der Waals surface area contributed by atoms with Crippen LogP contribution >= 0.6 is 23.1 Å². The Morgan fingerprint density at radius 3 is 3.00 bits per heavy atom. The Labute approximate surface area is 144 Å². The number of nitrogens with one attached hydrogen (secondary N) is 2. The van der Waals surface area contributed by atoms with Crippen LogP contribution in [0.25, 0.3) is 0 Å². The van der Waals surface area contributed by atoms with Crippen molar-refractivity contribution in [3.05, 3.63) is 41.0 Å². The van der Waals surface area contributed by atoms with E-state index in [9.17, 15) is 4.79 Å². The number of rotatable bonds is 4. The number of hydrogen-bond acceptors (Lipinski definition) is 5. The zero-order valence-corrected chi connectivity index (χ0v) is 14.5. The molecule has 0 spiro atoms.